The second kappa shape index (κ2) is 4.00. The van der Waals surface area contributed by atoms with Crippen LogP contribution >= 0.6 is 0 Å². The molecule has 1 aromatic carbocycles. The standard InChI is InChI=1S/C13H15NO2/c1-4-15-11-7-5-6-10(14)12-8(2)16-9(3)13(11)12/h5-7,14H,4H2,1-3H3. The molecule has 0 bridgehead atoms. The molecule has 3 heteroatoms. The highest BCUT2D eigenvalue weighted by atomic mass is 16.5. The molecule has 84 valence electrons. The van der Waals surface area contributed by atoms with Crippen LogP contribution in [0.2, 0.25) is 0 Å². The maximum absolute atomic E-state index is 7.95. The molecule has 0 aliphatic carbocycles. The van der Waals surface area contributed by atoms with Crippen molar-refractivity contribution in [2.45, 2.75) is 20.8 Å². The van der Waals surface area contributed by atoms with Crippen LogP contribution in [-0.2, 0) is 0 Å². The third-order valence-electron chi connectivity index (χ3n) is 2.59. The molecule has 0 fully saturated rings. The van der Waals surface area contributed by atoms with E-state index in [0.717, 1.165) is 28.0 Å². The lowest BCUT2D eigenvalue weighted by atomic mass is 10.2. The lowest BCUT2D eigenvalue weighted by molar-refractivity contribution is 0.344. The first kappa shape index (κ1) is 10.7. The summed E-state index contributed by atoms with van der Waals surface area (Å²) in [5.41, 5.74) is 0. The SMILES string of the molecule is CCOc1cccc(=N)c2c(C)oc(C)c12. The third kappa shape index (κ3) is 1.58. The van der Waals surface area contributed by atoms with E-state index in [1.54, 1.807) is 6.07 Å². The van der Waals surface area contributed by atoms with E-state index in [1.165, 1.54) is 0 Å². The summed E-state index contributed by atoms with van der Waals surface area (Å²) >= 11 is 0. The second-order valence-electron chi connectivity index (χ2n) is 3.70. The molecule has 1 N–H and O–H groups in total. The summed E-state index contributed by atoms with van der Waals surface area (Å²) < 4.78 is 11.2. The fourth-order valence-electron chi connectivity index (χ4n) is 1.98. The third-order valence-corrected chi connectivity index (χ3v) is 2.59. The number of hydrogen-bond acceptors (Lipinski definition) is 3. The number of ether oxygens (including phenoxy) is 1. The summed E-state index contributed by atoms with van der Waals surface area (Å²) in [6.45, 7) is 6.33. The highest BCUT2D eigenvalue weighted by Gasteiger charge is 2.12. The Morgan fingerprint density at radius 2 is 1.88 bits per heavy atom. The zero-order valence-corrected chi connectivity index (χ0v) is 9.76. The van der Waals surface area contributed by atoms with Gasteiger partial charge in [0, 0.05) is 0 Å². The Balaban J connectivity index is 2.95. The minimum atomic E-state index is 0.468. The second-order valence-corrected chi connectivity index (χ2v) is 3.70. The molecule has 0 atom stereocenters. The van der Waals surface area contributed by atoms with Crippen LogP contribution in [0.3, 0.4) is 0 Å². The Labute approximate surface area is 94.2 Å². The van der Waals surface area contributed by atoms with Crippen molar-refractivity contribution in [3.63, 3.8) is 0 Å². The number of aryl methyl sites for hydroxylation is 2. The molecule has 0 aliphatic rings. The minimum absolute atomic E-state index is 0.468. The van der Waals surface area contributed by atoms with Gasteiger partial charge in [-0.2, -0.15) is 0 Å². The van der Waals surface area contributed by atoms with E-state index in [0.29, 0.717) is 12.0 Å². The number of hydrogen-bond donors (Lipinski definition) is 1. The fraction of sp³-hybridized carbons (Fsp3) is 0.308. The number of rotatable bonds is 2. The lowest BCUT2D eigenvalue weighted by Gasteiger charge is -2.01. The van der Waals surface area contributed by atoms with Crippen LogP contribution < -0.4 is 10.1 Å². The van der Waals surface area contributed by atoms with Crippen LogP contribution in [0.4, 0.5) is 0 Å². The van der Waals surface area contributed by atoms with Gasteiger partial charge in [-0.15, -0.1) is 0 Å². The molecule has 0 aliphatic heterocycles. The van der Waals surface area contributed by atoms with Gasteiger partial charge in [0.1, 0.15) is 17.3 Å². The van der Waals surface area contributed by atoms with Gasteiger partial charge in [0.25, 0.3) is 0 Å². The van der Waals surface area contributed by atoms with Crippen LogP contribution in [0.15, 0.2) is 22.6 Å². The van der Waals surface area contributed by atoms with Crippen LogP contribution in [0.5, 0.6) is 5.75 Å². The van der Waals surface area contributed by atoms with Crippen LogP contribution in [0.1, 0.15) is 18.4 Å². The Morgan fingerprint density at radius 3 is 2.56 bits per heavy atom. The molecule has 16 heavy (non-hydrogen) atoms. The largest absolute Gasteiger partial charge is 0.493 e. The summed E-state index contributed by atoms with van der Waals surface area (Å²) in [4.78, 5) is 0. The quantitative estimate of drug-likeness (QED) is 0.840. The summed E-state index contributed by atoms with van der Waals surface area (Å²) in [6.07, 6.45) is 0. The van der Waals surface area contributed by atoms with Gasteiger partial charge < -0.3 is 14.6 Å². The van der Waals surface area contributed by atoms with Gasteiger partial charge in [-0.05, 0) is 32.9 Å². The van der Waals surface area contributed by atoms with E-state index >= 15 is 0 Å². The Morgan fingerprint density at radius 1 is 1.19 bits per heavy atom. The van der Waals surface area contributed by atoms with Crippen molar-refractivity contribution in [1.29, 1.82) is 5.41 Å². The number of fused-ring (bicyclic) bond motifs is 1. The van der Waals surface area contributed by atoms with E-state index in [-0.39, 0.29) is 0 Å². The van der Waals surface area contributed by atoms with Crippen molar-refractivity contribution in [2.24, 2.45) is 0 Å². The zero-order chi connectivity index (χ0) is 11.7. The first-order valence-corrected chi connectivity index (χ1v) is 5.35. The molecule has 0 saturated heterocycles. The van der Waals surface area contributed by atoms with Crippen molar-refractivity contribution in [2.75, 3.05) is 6.61 Å². The first-order chi connectivity index (χ1) is 7.65. The highest BCUT2D eigenvalue weighted by Crippen LogP contribution is 2.29. The highest BCUT2D eigenvalue weighted by molar-refractivity contribution is 5.90. The minimum Gasteiger partial charge on any atom is -0.493 e. The van der Waals surface area contributed by atoms with E-state index < -0.39 is 0 Å². The smallest absolute Gasteiger partial charge is 0.130 e. The van der Waals surface area contributed by atoms with Gasteiger partial charge >= 0.3 is 0 Å². The molecule has 0 saturated carbocycles. The van der Waals surface area contributed by atoms with Crippen molar-refractivity contribution in [3.8, 4) is 5.75 Å². The Kier molecular flexibility index (Phi) is 2.69. The number of furan rings is 1. The predicted octanol–water partition coefficient (Wildman–Crippen LogP) is 2.93. The average Bonchev–Trinajstić information content (AvgIpc) is 2.42. The van der Waals surface area contributed by atoms with Gasteiger partial charge in [0.15, 0.2) is 0 Å². The summed E-state index contributed by atoms with van der Waals surface area (Å²) in [6, 6.07) is 5.48. The normalized spacial score (nSPS) is 10.7. The maximum atomic E-state index is 7.95. The maximum Gasteiger partial charge on any atom is 0.130 e. The molecule has 0 spiro atoms. The molecule has 3 nitrogen and oxygen atoms in total. The van der Waals surface area contributed by atoms with Gasteiger partial charge in [0.05, 0.1) is 22.7 Å². The summed E-state index contributed by atoms with van der Waals surface area (Å²) in [5.74, 6) is 2.36. The van der Waals surface area contributed by atoms with Gasteiger partial charge in [-0.3, -0.25) is 0 Å². The monoisotopic (exact) mass is 217 g/mol. The van der Waals surface area contributed by atoms with E-state index in [9.17, 15) is 0 Å². The lowest BCUT2D eigenvalue weighted by Crippen LogP contribution is -1.96. The first-order valence-electron chi connectivity index (χ1n) is 5.35. The van der Waals surface area contributed by atoms with Crippen molar-refractivity contribution in [1.82, 2.24) is 0 Å². The van der Waals surface area contributed by atoms with E-state index in [2.05, 4.69) is 0 Å². The fourth-order valence-corrected chi connectivity index (χ4v) is 1.98. The van der Waals surface area contributed by atoms with Gasteiger partial charge in [-0.25, -0.2) is 0 Å². The summed E-state index contributed by atoms with van der Waals surface area (Å²) in [7, 11) is 0. The van der Waals surface area contributed by atoms with Crippen LogP contribution in [0, 0.1) is 19.3 Å². The van der Waals surface area contributed by atoms with E-state index in [4.69, 9.17) is 14.6 Å². The van der Waals surface area contributed by atoms with Crippen molar-refractivity contribution >= 4 is 10.8 Å². The molecule has 1 aromatic heterocycles. The van der Waals surface area contributed by atoms with Crippen LogP contribution in [-0.4, -0.2) is 6.61 Å². The number of nitrogens with one attached hydrogen (secondary N) is 1. The molecule has 2 aromatic rings. The van der Waals surface area contributed by atoms with Crippen LogP contribution in [0.25, 0.3) is 10.8 Å². The zero-order valence-electron chi connectivity index (χ0n) is 9.76. The molecule has 0 unspecified atom stereocenters. The molecule has 1 heterocycles. The van der Waals surface area contributed by atoms with Gasteiger partial charge in [-0.1, -0.05) is 6.07 Å². The Hall–Kier alpha value is -1.77. The molecular formula is C13H15NO2. The molecule has 0 radical (unpaired) electrons. The Bertz CT molecular complexity index is 584. The predicted molar refractivity (Wildman–Crippen MR) is 62.7 cm³/mol. The average molecular weight is 217 g/mol. The molecule has 0 amide bonds. The van der Waals surface area contributed by atoms with Gasteiger partial charge in [0.2, 0.25) is 0 Å². The topological polar surface area (TPSA) is 46.2 Å². The summed E-state index contributed by atoms with van der Waals surface area (Å²) in [5, 5.41) is 10.2. The van der Waals surface area contributed by atoms with E-state index in [1.807, 2.05) is 32.9 Å². The molecule has 2 rings (SSSR count). The van der Waals surface area contributed by atoms with Crippen molar-refractivity contribution in [3.05, 3.63) is 35.1 Å². The molecular weight excluding hydrogens is 202 g/mol. The van der Waals surface area contributed by atoms with Crippen molar-refractivity contribution < 1.29 is 9.15 Å².